The van der Waals surface area contributed by atoms with Gasteiger partial charge in [0, 0.05) is 18.1 Å². The molecule has 3 heterocycles. The van der Waals surface area contributed by atoms with E-state index >= 15 is 0 Å². The number of benzene rings is 2. The number of nitrogens with zero attached hydrogens (tertiary/aromatic N) is 4. The van der Waals surface area contributed by atoms with Crippen LogP contribution >= 0.6 is 11.6 Å². The van der Waals surface area contributed by atoms with Crippen LogP contribution in [0.25, 0.3) is 16.6 Å². The Kier molecular flexibility index (Phi) is 6.78. The van der Waals surface area contributed by atoms with E-state index in [9.17, 15) is 18.0 Å². The highest BCUT2D eigenvalue weighted by Crippen LogP contribution is 2.38. The molecule has 6 nitrogen and oxygen atoms in total. The number of hydrogen-bond donors (Lipinski definition) is 1. The van der Waals surface area contributed by atoms with Crippen molar-refractivity contribution in [2.75, 3.05) is 19.6 Å². The second-order valence-corrected chi connectivity index (χ2v) is 9.85. The minimum atomic E-state index is -4.54. The van der Waals surface area contributed by atoms with E-state index in [0.717, 1.165) is 43.0 Å². The van der Waals surface area contributed by atoms with Crippen LogP contribution in [0.5, 0.6) is 0 Å². The summed E-state index contributed by atoms with van der Waals surface area (Å²) in [7, 11) is 0. The number of nitrogens with one attached hydrogen (secondary N) is 1. The summed E-state index contributed by atoms with van der Waals surface area (Å²) in [6, 6.07) is 8.68. The van der Waals surface area contributed by atoms with Crippen LogP contribution in [0.4, 0.5) is 13.2 Å². The number of carbonyl (C=O) groups is 1. The van der Waals surface area contributed by atoms with E-state index in [-0.39, 0.29) is 22.5 Å². The summed E-state index contributed by atoms with van der Waals surface area (Å²) in [5.74, 6) is 0.153. The van der Waals surface area contributed by atoms with Gasteiger partial charge >= 0.3 is 6.18 Å². The average molecular weight is 518 g/mol. The molecule has 0 spiro atoms. The fraction of sp³-hybridized carbons (Fsp3) is 0.423. The van der Waals surface area contributed by atoms with Gasteiger partial charge in [-0.05, 0) is 73.7 Å². The van der Waals surface area contributed by atoms with Gasteiger partial charge in [0.05, 0.1) is 23.2 Å². The van der Waals surface area contributed by atoms with Crippen molar-refractivity contribution in [3.05, 3.63) is 64.2 Å². The second kappa shape index (κ2) is 9.86. The lowest BCUT2D eigenvalue weighted by molar-refractivity contribution is -0.138. The highest BCUT2D eigenvalue weighted by molar-refractivity contribution is 6.30. The lowest BCUT2D eigenvalue weighted by Crippen LogP contribution is -2.49. The Morgan fingerprint density at radius 2 is 2.03 bits per heavy atom. The number of carbonyl (C=O) groups excluding carboxylic acids is 1. The van der Waals surface area contributed by atoms with E-state index in [2.05, 4.69) is 21.7 Å². The summed E-state index contributed by atoms with van der Waals surface area (Å²) in [4.78, 5) is 14.7. The average Bonchev–Trinajstić information content (AvgIpc) is 3.31. The quantitative estimate of drug-likeness (QED) is 0.498. The van der Waals surface area contributed by atoms with Gasteiger partial charge in [-0.25, -0.2) is 4.68 Å². The number of amides is 1. The third-order valence-electron chi connectivity index (χ3n) is 7.11. The van der Waals surface area contributed by atoms with Gasteiger partial charge in [-0.2, -0.15) is 13.2 Å². The SMILES string of the molecule is C[C@H](c1ccc(Cl)cc1C(F)(F)F)n1nnc2ccc(C3=CCN(C(=O)C4CCCCN4)CC3)cc21. The zero-order valence-electron chi connectivity index (χ0n) is 19.9. The molecule has 0 radical (unpaired) electrons. The number of alkyl halides is 3. The highest BCUT2D eigenvalue weighted by atomic mass is 35.5. The van der Waals surface area contributed by atoms with Crippen LogP contribution in [-0.2, 0) is 11.0 Å². The molecular weight excluding hydrogens is 491 g/mol. The third-order valence-corrected chi connectivity index (χ3v) is 7.34. The monoisotopic (exact) mass is 517 g/mol. The van der Waals surface area contributed by atoms with Crippen molar-refractivity contribution in [1.29, 1.82) is 0 Å². The molecule has 1 fully saturated rings. The van der Waals surface area contributed by atoms with E-state index in [1.807, 2.05) is 23.1 Å². The molecule has 2 atom stereocenters. The lowest BCUT2D eigenvalue weighted by Gasteiger charge is -2.32. The van der Waals surface area contributed by atoms with E-state index < -0.39 is 17.8 Å². The van der Waals surface area contributed by atoms with Crippen LogP contribution in [0.3, 0.4) is 0 Å². The Labute approximate surface area is 212 Å². The smallest absolute Gasteiger partial charge is 0.337 e. The number of rotatable bonds is 4. The predicted molar refractivity (Wildman–Crippen MR) is 133 cm³/mol. The number of fused-ring (bicyclic) bond motifs is 1. The molecule has 2 aliphatic rings. The predicted octanol–water partition coefficient (Wildman–Crippen LogP) is 5.47. The van der Waals surface area contributed by atoms with Gasteiger partial charge in [0.25, 0.3) is 0 Å². The van der Waals surface area contributed by atoms with Gasteiger partial charge in [0.1, 0.15) is 5.52 Å². The van der Waals surface area contributed by atoms with Crippen molar-refractivity contribution in [3.8, 4) is 0 Å². The first-order valence-corrected chi connectivity index (χ1v) is 12.5. The normalized spacial score (nSPS) is 19.9. The molecule has 2 aromatic carbocycles. The van der Waals surface area contributed by atoms with E-state index in [1.54, 1.807) is 6.92 Å². The maximum atomic E-state index is 13.7. The first-order chi connectivity index (χ1) is 17.2. The summed E-state index contributed by atoms with van der Waals surface area (Å²) in [5.41, 5.74) is 2.59. The molecule has 3 aromatic rings. The topological polar surface area (TPSA) is 63.1 Å². The molecule has 2 aliphatic heterocycles. The van der Waals surface area contributed by atoms with E-state index in [4.69, 9.17) is 11.6 Å². The third kappa shape index (κ3) is 4.86. The molecule has 0 saturated carbocycles. The van der Waals surface area contributed by atoms with Crippen LogP contribution in [0, 0.1) is 0 Å². The van der Waals surface area contributed by atoms with Gasteiger partial charge in [0.2, 0.25) is 5.91 Å². The van der Waals surface area contributed by atoms with Crippen molar-refractivity contribution in [3.63, 3.8) is 0 Å². The number of hydrogen-bond acceptors (Lipinski definition) is 4. The molecular formula is C26H27ClF3N5O. The highest BCUT2D eigenvalue weighted by Gasteiger charge is 2.35. The summed E-state index contributed by atoms with van der Waals surface area (Å²) >= 11 is 5.86. The van der Waals surface area contributed by atoms with Crippen molar-refractivity contribution in [2.24, 2.45) is 0 Å². The fourth-order valence-electron chi connectivity index (χ4n) is 5.11. The molecule has 1 N–H and O–H groups in total. The molecule has 36 heavy (non-hydrogen) atoms. The number of piperidine rings is 1. The Morgan fingerprint density at radius 3 is 2.72 bits per heavy atom. The Balaban J connectivity index is 1.41. The zero-order valence-corrected chi connectivity index (χ0v) is 20.6. The second-order valence-electron chi connectivity index (χ2n) is 9.41. The standard InChI is InChI=1S/C26H27ClF3N5O/c1-16(20-7-6-19(27)15-21(20)26(28,29)30)35-24-14-18(5-8-22(24)32-33-35)17-9-12-34(13-10-17)25(36)23-4-2-3-11-31-23/h5-9,14-16,23,31H,2-4,10-13H2,1H3/t16-,23?/m1/s1. The van der Waals surface area contributed by atoms with Gasteiger partial charge < -0.3 is 10.2 Å². The van der Waals surface area contributed by atoms with Crippen LogP contribution in [0.1, 0.15) is 55.3 Å². The van der Waals surface area contributed by atoms with Gasteiger partial charge in [-0.3, -0.25) is 4.79 Å². The van der Waals surface area contributed by atoms with Gasteiger partial charge in [-0.1, -0.05) is 41.4 Å². The molecule has 1 unspecified atom stereocenters. The van der Waals surface area contributed by atoms with E-state index in [1.165, 1.54) is 16.8 Å². The maximum Gasteiger partial charge on any atom is 0.416 e. The first kappa shape index (κ1) is 24.8. The molecule has 0 aliphatic carbocycles. The summed E-state index contributed by atoms with van der Waals surface area (Å²) in [5, 5.41) is 11.7. The molecule has 1 saturated heterocycles. The molecule has 5 rings (SSSR count). The largest absolute Gasteiger partial charge is 0.416 e. The van der Waals surface area contributed by atoms with Gasteiger partial charge in [-0.15, -0.1) is 5.10 Å². The summed E-state index contributed by atoms with van der Waals surface area (Å²) in [6.45, 7) is 3.72. The Morgan fingerprint density at radius 1 is 1.19 bits per heavy atom. The van der Waals surface area contributed by atoms with Crippen molar-refractivity contribution in [1.82, 2.24) is 25.2 Å². The maximum absolute atomic E-state index is 13.7. The Hall–Kier alpha value is -2.91. The fourth-order valence-corrected chi connectivity index (χ4v) is 5.28. The minimum Gasteiger partial charge on any atom is -0.337 e. The van der Waals surface area contributed by atoms with Crippen molar-refractivity contribution >= 4 is 34.1 Å². The Bertz CT molecular complexity index is 1310. The van der Waals surface area contributed by atoms with Crippen molar-refractivity contribution < 1.29 is 18.0 Å². The van der Waals surface area contributed by atoms with Crippen LogP contribution in [0.2, 0.25) is 5.02 Å². The summed E-state index contributed by atoms with van der Waals surface area (Å²) < 4.78 is 42.7. The molecule has 0 bridgehead atoms. The molecule has 190 valence electrons. The molecule has 10 heteroatoms. The summed E-state index contributed by atoms with van der Waals surface area (Å²) in [6.07, 6.45) is 1.27. The van der Waals surface area contributed by atoms with Crippen molar-refractivity contribution in [2.45, 2.75) is 50.9 Å². The minimum absolute atomic E-state index is 0.0278. The number of halogens is 4. The lowest BCUT2D eigenvalue weighted by atomic mass is 9.97. The molecule has 1 amide bonds. The zero-order chi connectivity index (χ0) is 25.4. The van der Waals surface area contributed by atoms with Crippen LogP contribution in [-0.4, -0.2) is 51.5 Å². The van der Waals surface area contributed by atoms with Crippen LogP contribution < -0.4 is 5.32 Å². The van der Waals surface area contributed by atoms with Crippen LogP contribution in [0.15, 0.2) is 42.5 Å². The first-order valence-electron chi connectivity index (χ1n) is 12.2. The van der Waals surface area contributed by atoms with E-state index in [0.29, 0.717) is 30.5 Å². The molecule has 1 aromatic heterocycles. The van der Waals surface area contributed by atoms with Gasteiger partial charge in [0.15, 0.2) is 0 Å². The number of aromatic nitrogens is 3.